The number of fused-ring (bicyclic) bond motifs is 2. The number of piperidine rings is 1. The van der Waals surface area contributed by atoms with Crippen molar-refractivity contribution < 1.29 is 4.79 Å². The van der Waals surface area contributed by atoms with Crippen LogP contribution in [0.5, 0.6) is 0 Å². The number of hydrogen-bond donors (Lipinski definition) is 0. The lowest BCUT2D eigenvalue weighted by atomic mass is 9.71. The van der Waals surface area contributed by atoms with Gasteiger partial charge in [-0.05, 0) is 61.3 Å². The molecule has 184 valence electrons. The zero-order valence-corrected chi connectivity index (χ0v) is 21.2. The molecule has 1 unspecified atom stereocenters. The van der Waals surface area contributed by atoms with Crippen LogP contribution in [-0.4, -0.2) is 66.5 Å². The number of aryl methyl sites for hydroxylation is 2. The topological polar surface area (TPSA) is 79.5 Å². The number of aromatic nitrogens is 5. The molecule has 0 saturated carbocycles. The van der Waals surface area contributed by atoms with Crippen LogP contribution in [0.25, 0.3) is 16.3 Å². The van der Waals surface area contributed by atoms with Crippen molar-refractivity contribution in [2.45, 2.75) is 45.1 Å². The molecule has 1 aliphatic carbocycles. The summed E-state index contributed by atoms with van der Waals surface area (Å²) in [6.07, 6.45) is 10.4. The van der Waals surface area contributed by atoms with Crippen LogP contribution >= 0.6 is 11.3 Å². The largest absolute Gasteiger partial charge is 0.342 e. The van der Waals surface area contributed by atoms with Crippen molar-refractivity contribution in [2.24, 2.45) is 5.41 Å². The maximum atomic E-state index is 12.9. The Morgan fingerprint density at radius 3 is 2.75 bits per heavy atom. The fourth-order valence-corrected chi connectivity index (χ4v) is 7.08. The van der Waals surface area contributed by atoms with Gasteiger partial charge in [0, 0.05) is 50.2 Å². The van der Waals surface area contributed by atoms with Crippen molar-refractivity contribution in [3.63, 3.8) is 0 Å². The molecular weight excluding hydrogens is 470 g/mol. The van der Waals surface area contributed by atoms with Gasteiger partial charge in [0.2, 0.25) is 10.9 Å². The number of imidazole rings is 1. The minimum Gasteiger partial charge on any atom is -0.342 e. The Kier molecular flexibility index (Phi) is 5.18. The highest BCUT2D eigenvalue weighted by Gasteiger charge is 2.48. The van der Waals surface area contributed by atoms with Gasteiger partial charge in [-0.15, -0.1) is 0 Å². The van der Waals surface area contributed by atoms with E-state index >= 15 is 0 Å². The first-order chi connectivity index (χ1) is 17.6. The van der Waals surface area contributed by atoms with Gasteiger partial charge in [0.05, 0.1) is 18.3 Å². The van der Waals surface area contributed by atoms with Crippen LogP contribution in [0, 0.1) is 12.3 Å². The molecule has 1 amide bonds. The Balaban J connectivity index is 0.949. The molecule has 8 nitrogen and oxygen atoms in total. The molecule has 3 aromatic heterocycles. The van der Waals surface area contributed by atoms with Crippen LogP contribution in [0.3, 0.4) is 0 Å². The number of rotatable bonds is 4. The van der Waals surface area contributed by atoms with Crippen molar-refractivity contribution in [1.82, 2.24) is 34.4 Å². The zero-order chi connectivity index (χ0) is 24.3. The minimum absolute atomic E-state index is 0.187. The molecule has 0 radical (unpaired) electrons. The average molecular weight is 500 g/mol. The molecule has 1 aromatic carbocycles. The highest BCUT2D eigenvalue weighted by atomic mass is 32.1. The number of nitrogens with zero attached hydrogens (tertiary/aromatic N) is 7. The quantitative estimate of drug-likeness (QED) is 0.426. The maximum absolute atomic E-state index is 12.9. The second-order valence-electron chi connectivity index (χ2n) is 10.6. The van der Waals surface area contributed by atoms with Crippen LogP contribution in [-0.2, 0) is 17.6 Å². The number of hydrogen-bond acceptors (Lipinski definition) is 7. The van der Waals surface area contributed by atoms with Gasteiger partial charge in [0.25, 0.3) is 0 Å². The average Bonchev–Trinajstić information content (AvgIpc) is 3.55. The lowest BCUT2D eigenvalue weighted by molar-refractivity contribution is -0.136. The lowest BCUT2D eigenvalue weighted by Gasteiger charge is -2.56. The van der Waals surface area contributed by atoms with Crippen LogP contribution in [0.15, 0.2) is 42.9 Å². The van der Waals surface area contributed by atoms with Crippen molar-refractivity contribution in [3.05, 3.63) is 64.7 Å². The molecule has 0 bridgehead atoms. The van der Waals surface area contributed by atoms with Crippen LogP contribution in [0.4, 0.5) is 0 Å². The van der Waals surface area contributed by atoms with E-state index in [-0.39, 0.29) is 5.91 Å². The van der Waals surface area contributed by atoms with E-state index < -0.39 is 0 Å². The van der Waals surface area contributed by atoms with Crippen molar-refractivity contribution in [2.75, 3.05) is 26.2 Å². The second kappa shape index (κ2) is 8.45. The number of carbonyl (C=O) groups is 1. The van der Waals surface area contributed by atoms with Crippen LogP contribution in [0.2, 0.25) is 0 Å². The summed E-state index contributed by atoms with van der Waals surface area (Å²) in [6.45, 7) is 5.97. The molecule has 1 spiro atoms. The van der Waals surface area contributed by atoms with Gasteiger partial charge < -0.3 is 4.90 Å². The van der Waals surface area contributed by atoms with E-state index in [9.17, 15) is 4.79 Å². The Bertz CT molecular complexity index is 1400. The number of carbonyl (C=O) groups excluding carboxylic acids is 1. The summed E-state index contributed by atoms with van der Waals surface area (Å²) in [4.78, 5) is 31.9. The molecule has 9 heteroatoms. The van der Waals surface area contributed by atoms with E-state index in [4.69, 9.17) is 0 Å². The summed E-state index contributed by atoms with van der Waals surface area (Å²) in [5.74, 6) is 0.985. The predicted octanol–water partition coefficient (Wildman–Crippen LogP) is 3.71. The first-order valence-corrected chi connectivity index (χ1v) is 13.6. The highest BCUT2D eigenvalue weighted by Crippen LogP contribution is 2.48. The monoisotopic (exact) mass is 499 g/mol. The van der Waals surface area contributed by atoms with Crippen molar-refractivity contribution in [3.8, 4) is 11.4 Å². The van der Waals surface area contributed by atoms with Gasteiger partial charge >= 0.3 is 0 Å². The molecule has 3 aliphatic rings. The van der Waals surface area contributed by atoms with Crippen LogP contribution < -0.4 is 0 Å². The maximum Gasteiger partial charge on any atom is 0.228 e. The fourth-order valence-electron chi connectivity index (χ4n) is 6.34. The predicted molar refractivity (Wildman–Crippen MR) is 138 cm³/mol. The first-order valence-electron chi connectivity index (χ1n) is 12.8. The van der Waals surface area contributed by atoms with Gasteiger partial charge in [0.1, 0.15) is 5.01 Å². The van der Waals surface area contributed by atoms with Crippen molar-refractivity contribution in [1.29, 1.82) is 0 Å². The summed E-state index contributed by atoms with van der Waals surface area (Å²) in [7, 11) is 0. The summed E-state index contributed by atoms with van der Waals surface area (Å²) >= 11 is 1.56. The van der Waals surface area contributed by atoms with Gasteiger partial charge in [-0.25, -0.2) is 19.5 Å². The Morgan fingerprint density at radius 2 is 1.97 bits per heavy atom. The molecule has 0 N–H and O–H groups in total. The van der Waals surface area contributed by atoms with E-state index in [1.165, 1.54) is 17.5 Å². The highest BCUT2D eigenvalue weighted by molar-refractivity contribution is 7.16. The van der Waals surface area contributed by atoms with E-state index in [0.717, 1.165) is 72.5 Å². The van der Waals surface area contributed by atoms with Crippen molar-refractivity contribution >= 4 is 22.2 Å². The van der Waals surface area contributed by atoms with E-state index in [1.54, 1.807) is 28.2 Å². The Morgan fingerprint density at radius 1 is 1.17 bits per heavy atom. The normalized spacial score (nSPS) is 21.1. The van der Waals surface area contributed by atoms with Gasteiger partial charge in [-0.2, -0.15) is 5.10 Å². The molecule has 2 fully saturated rings. The summed E-state index contributed by atoms with van der Waals surface area (Å²) in [6, 6.07) is 9.12. The lowest BCUT2D eigenvalue weighted by Crippen LogP contribution is -2.61. The summed E-state index contributed by atoms with van der Waals surface area (Å²) in [5.41, 5.74) is 5.21. The molecule has 7 rings (SSSR count). The van der Waals surface area contributed by atoms with E-state index in [0.29, 0.717) is 17.9 Å². The standard InChI is InChI=1S/C27H29N7OS/c1-18-31-34-15-21(30-26(34)36-18)14-24(35)32-11-7-27(8-12-32)16-33(17-27)23-6-4-19-13-20(3-5-22(19)23)25-28-9-2-10-29-25/h2-3,5,9-10,13,15,23H,4,6-8,11-12,14,16-17H2,1H3. The van der Waals surface area contributed by atoms with E-state index in [1.807, 2.05) is 24.1 Å². The summed E-state index contributed by atoms with van der Waals surface area (Å²) < 4.78 is 1.79. The molecule has 4 aromatic rings. The van der Waals surface area contributed by atoms with Gasteiger partial charge in [0.15, 0.2) is 5.82 Å². The van der Waals surface area contributed by atoms with Gasteiger partial charge in [-0.3, -0.25) is 9.69 Å². The molecule has 2 saturated heterocycles. The van der Waals surface area contributed by atoms with Gasteiger partial charge in [-0.1, -0.05) is 23.5 Å². The Hall–Kier alpha value is -3.17. The second-order valence-corrected chi connectivity index (χ2v) is 11.7. The van der Waals surface area contributed by atoms with E-state index in [2.05, 4.69) is 43.1 Å². The molecule has 5 heterocycles. The smallest absolute Gasteiger partial charge is 0.228 e. The summed E-state index contributed by atoms with van der Waals surface area (Å²) in [5, 5.41) is 5.39. The third-order valence-corrected chi connectivity index (χ3v) is 9.07. The first kappa shape index (κ1) is 22.1. The number of amides is 1. The fraction of sp³-hybridized carbons (Fsp3) is 0.444. The third-order valence-electron chi connectivity index (χ3n) is 8.23. The third kappa shape index (κ3) is 3.81. The molecule has 1 atom stereocenters. The number of benzene rings is 1. The SMILES string of the molecule is Cc1nn2cc(CC(=O)N3CCC4(CC3)CN(C3CCc5cc(-c6ncccn6)ccc53)C4)nc2s1. The van der Waals surface area contributed by atoms with Crippen LogP contribution in [0.1, 0.15) is 47.1 Å². The molecule has 36 heavy (non-hydrogen) atoms. The zero-order valence-electron chi connectivity index (χ0n) is 20.4. The Labute approximate surface area is 214 Å². The minimum atomic E-state index is 0.187. The molecule has 2 aliphatic heterocycles. The molecular formula is C27H29N7OS. The number of likely N-dealkylation sites (tertiary alicyclic amines) is 2.